The first-order chi connectivity index (χ1) is 8.32. The van der Waals surface area contributed by atoms with Gasteiger partial charge in [0.05, 0.1) is 6.61 Å². The molecule has 0 bridgehead atoms. The average Bonchev–Trinajstić information content (AvgIpc) is 2.27. The fraction of sp³-hybridized carbons (Fsp3) is 0.636. The summed E-state index contributed by atoms with van der Waals surface area (Å²) in [6, 6.07) is -1.35. The van der Waals surface area contributed by atoms with Gasteiger partial charge in [0.2, 0.25) is 0 Å². The van der Waals surface area contributed by atoms with Crippen LogP contribution < -0.4 is 5.32 Å². The summed E-state index contributed by atoms with van der Waals surface area (Å²) < 4.78 is 40.8. The second-order valence-electron chi connectivity index (χ2n) is 3.57. The summed E-state index contributed by atoms with van der Waals surface area (Å²) >= 11 is 0. The Morgan fingerprint density at radius 2 is 2.06 bits per heavy atom. The van der Waals surface area contributed by atoms with Crippen LogP contribution in [-0.4, -0.2) is 30.7 Å². The normalized spacial score (nSPS) is 12.7. The quantitative estimate of drug-likeness (QED) is 0.436. The Morgan fingerprint density at radius 3 is 2.50 bits per heavy atom. The predicted octanol–water partition coefficient (Wildman–Crippen LogP) is 1.95. The van der Waals surface area contributed by atoms with E-state index in [0.29, 0.717) is 6.42 Å². The van der Waals surface area contributed by atoms with Crippen molar-refractivity contribution < 1.29 is 27.5 Å². The molecule has 0 aromatic rings. The second-order valence-corrected chi connectivity index (χ2v) is 3.57. The molecule has 0 heterocycles. The van der Waals surface area contributed by atoms with E-state index in [1.165, 1.54) is 6.08 Å². The SMILES string of the molecule is C=CCC(NC(=O)C(F)(F)F)C(=O)OCCCC. The Morgan fingerprint density at radius 1 is 1.44 bits per heavy atom. The van der Waals surface area contributed by atoms with E-state index in [2.05, 4.69) is 6.58 Å². The zero-order valence-corrected chi connectivity index (χ0v) is 10.0. The minimum absolute atomic E-state index is 0.116. The van der Waals surface area contributed by atoms with Crippen LogP contribution in [0.4, 0.5) is 13.2 Å². The van der Waals surface area contributed by atoms with E-state index in [4.69, 9.17) is 4.74 Å². The molecule has 0 aromatic carbocycles. The lowest BCUT2D eigenvalue weighted by Gasteiger charge is -2.17. The zero-order valence-electron chi connectivity index (χ0n) is 10.0. The molecular formula is C11H16F3NO3. The highest BCUT2D eigenvalue weighted by atomic mass is 19.4. The summed E-state index contributed by atoms with van der Waals surface area (Å²) in [7, 11) is 0. The van der Waals surface area contributed by atoms with Gasteiger partial charge in [-0.15, -0.1) is 6.58 Å². The average molecular weight is 267 g/mol. The molecule has 4 nitrogen and oxygen atoms in total. The van der Waals surface area contributed by atoms with Gasteiger partial charge < -0.3 is 10.1 Å². The molecule has 104 valence electrons. The van der Waals surface area contributed by atoms with Crippen LogP contribution in [0, 0.1) is 0 Å². The molecule has 0 aromatic heterocycles. The van der Waals surface area contributed by atoms with Crippen LogP contribution in [0.2, 0.25) is 0 Å². The molecule has 0 rings (SSSR count). The van der Waals surface area contributed by atoms with Gasteiger partial charge in [0, 0.05) is 0 Å². The lowest BCUT2D eigenvalue weighted by atomic mass is 10.2. The van der Waals surface area contributed by atoms with Gasteiger partial charge in [-0.3, -0.25) is 4.79 Å². The number of hydrogen-bond acceptors (Lipinski definition) is 3. The summed E-state index contributed by atoms with van der Waals surface area (Å²) in [5, 5.41) is 1.57. The van der Waals surface area contributed by atoms with Crippen LogP contribution in [0.15, 0.2) is 12.7 Å². The van der Waals surface area contributed by atoms with Crippen molar-refractivity contribution >= 4 is 11.9 Å². The topological polar surface area (TPSA) is 55.4 Å². The number of unbranched alkanes of at least 4 members (excludes halogenated alkanes) is 1. The molecule has 0 aliphatic rings. The molecule has 1 amide bonds. The molecule has 0 aliphatic carbocycles. The van der Waals surface area contributed by atoms with Gasteiger partial charge in [-0.1, -0.05) is 19.4 Å². The summed E-state index contributed by atoms with van der Waals surface area (Å²) in [5.41, 5.74) is 0. The fourth-order valence-corrected chi connectivity index (χ4v) is 1.04. The van der Waals surface area contributed by atoms with Crippen molar-refractivity contribution in [3.05, 3.63) is 12.7 Å². The third kappa shape index (κ3) is 6.27. The van der Waals surface area contributed by atoms with E-state index in [1.54, 1.807) is 5.32 Å². The zero-order chi connectivity index (χ0) is 14.2. The van der Waals surface area contributed by atoms with Crippen molar-refractivity contribution in [2.45, 2.75) is 38.4 Å². The van der Waals surface area contributed by atoms with E-state index >= 15 is 0 Å². The minimum Gasteiger partial charge on any atom is -0.464 e. The van der Waals surface area contributed by atoms with Crippen molar-refractivity contribution in [3.8, 4) is 0 Å². The first-order valence-corrected chi connectivity index (χ1v) is 5.48. The van der Waals surface area contributed by atoms with Crippen molar-refractivity contribution in [1.82, 2.24) is 5.32 Å². The number of esters is 1. The molecule has 0 spiro atoms. The van der Waals surface area contributed by atoms with E-state index in [-0.39, 0.29) is 13.0 Å². The summed E-state index contributed by atoms with van der Waals surface area (Å²) in [4.78, 5) is 22.1. The molecule has 18 heavy (non-hydrogen) atoms. The van der Waals surface area contributed by atoms with Crippen molar-refractivity contribution in [1.29, 1.82) is 0 Å². The van der Waals surface area contributed by atoms with E-state index in [0.717, 1.165) is 6.42 Å². The molecular weight excluding hydrogens is 251 g/mol. The lowest BCUT2D eigenvalue weighted by molar-refractivity contribution is -0.175. The van der Waals surface area contributed by atoms with Gasteiger partial charge in [0.25, 0.3) is 0 Å². The number of hydrogen-bond donors (Lipinski definition) is 1. The van der Waals surface area contributed by atoms with Crippen molar-refractivity contribution in [2.75, 3.05) is 6.61 Å². The summed E-state index contributed by atoms with van der Waals surface area (Å²) in [6.07, 6.45) is -2.51. The number of halogens is 3. The highest BCUT2D eigenvalue weighted by Gasteiger charge is 2.40. The smallest absolute Gasteiger partial charge is 0.464 e. The fourth-order valence-electron chi connectivity index (χ4n) is 1.04. The Kier molecular flexibility index (Phi) is 7.07. The van der Waals surface area contributed by atoms with Crippen molar-refractivity contribution in [2.24, 2.45) is 0 Å². The maximum atomic E-state index is 12.0. The lowest BCUT2D eigenvalue weighted by Crippen LogP contribution is -2.47. The highest BCUT2D eigenvalue weighted by molar-refractivity contribution is 5.87. The third-order valence-electron chi connectivity index (χ3n) is 1.99. The molecule has 0 fully saturated rings. The number of amides is 1. The van der Waals surface area contributed by atoms with E-state index < -0.39 is 24.1 Å². The van der Waals surface area contributed by atoms with Gasteiger partial charge in [-0.25, -0.2) is 4.79 Å². The first-order valence-electron chi connectivity index (χ1n) is 5.48. The van der Waals surface area contributed by atoms with Crippen LogP contribution in [0.1, 0.15) is 26.2 Å². The Balaban J connectivity index is 4.42. The second kappa shape index (κ2) is 7.73. The Bertz CT molecular complexity index is 302. The van der Waals surface area contributed by atoms with Crippen molar-refractivity contribution in [3.63, 3.8) is 0 Å². The molecule has 1 unspecified atom stereocenters. The Hall–Kier alpha value is -1.53. The standard InChI is InChI=1S/C11H16F3NO3/c1-3-5-7-18-9(16)8(6-4-2)15-10(17)11(12,13)14/h4,8H,2-3,5-7H2,1H3,(H,15,17). The number of rotatable bonds is 7. The molecule has 0 aliphatic heterocycles. The molecule has 0 saturated heterocycles. The molecule has 0 radical (unpaired) electrons. The van der Waals surface area contributed by atoms with Crippen LogP contribution in [0.3, 0.4) is 0 Å². The van der Waals surface area contributed by atoms with Gasteiger partial charge in [0.1, 0.15) is 6.04 Å². The van der Waals surface area contributed by atoms with Gasteiger partial charge in [-0.2, -0.15) is 13.2 Å². The van der Waals surface area contributed by atoms with E-state index in [9.17, 15) is 22.8 Å². The van der Waals surface area contributed by atoms with Crippen LogP contribution >= 0.6 is 0 Å². The largest absolute Gasteiger partial charge is 0.471 e. The highest BCUT2D eigenvalue weighted by Crippen LogP contribution is 2.15. The van der Waals surface area contributed by atoms with Gasteiger partial charge >= 0.3 is 18.1 Å². The maximum Gasteiger partial charge on any atom is 0.471 e. The van der Waals surface area contributed by atoms with Crippen LogP contribution in [-0.2, 0) is 14.3 Å². The molecule has 1 N–H and O–H groups in total. The molecule has 1 atom stereocenters. The summed E-state index contributed by atoms with van der Waals surface area (Å²) in [6.45, 7) is 5.30. The van der Waals surface area contributed by atoms with Crippen LogP contribution in [0.25, 0.3) is 0 Å². The first kappa shape index (κ1) is 16.5. The number of carbonyl (C=O) groups is 2. The number of nitrogens with one attached hydrogen (secondary N) is 1. The third-order valence-corrected chi connectivity index (χ3v) is 1.99. The molecule has 7 heteroatoms. The Labute approximate surface area is 103 Å². The maximum absolute atomic E-state index is 12.0. The number of ether oxygens (including phenoxy) is 1. The van der Waals surface area contributed by atoms with Crippen LogP contribution in [0.5, 0.6) is 0 Å². The minimum atomic E-state index is -5.02. The summed E-state index contributed by atoms with van der Waals surface area (Å²) in [5.74, 6) is -3.05. The predicted molar refractivity (Wildman–Crippen MR) is 58.7 cm³/mol. The monoisotopic (exact) mass is 267 g/mol. The van der Waals surface area contributed by atoms with E-state index in [1.807, 2.05) is 6.92 Å². The number of carbonyl (C=O) groups excluding carboxylic acids is 2. The number of alkyl halides is 3. The van der Waals surface area contributed by atoms with Gasteiger partial charge in [-0.05, 0) is 12.8 Å². The van der Waals surface area contributed by atoms with Gasteiger partial charge in [0.15, 0.2) is 0 Å². The molecule has 0 saturated carbocycles.